The third-order valence-corrected chi connectivity index (χ3v) is 6.52. The molecule has 2 aliphatic heterocycles. The van der Waals surface area contributed by atoms with Crippen LogP contribution >= 0.6 is 0 Å². The van der Waals surface area contributed by atoms with Gasteiger partial charge in [0.1, 0.15) is 0 Å². The molecule has 0 aromatic rings. The smallest absolute Gasteiger partial charge is 0.414 e. The van der Waals surface area contributed by atoms with Crippen LogP contribution in [0.5, 0.6) is 0 Å². The van der Waals surface area contributed by atoms with Gasteiger partial charge in [-0.1, -0.05) is 13.8 Å². The Morgan fingerprint density at radius 3 is 1.38 bits per heavy atom. The van der Waals surface area contributed by atoms with Crippen molar-refractivity contribution >= 4 is 11.9 Å². The van der Waals surface area contributed by atoms with E-state index in [1.165, 1.54) is 77.5 Å². The molecular formula is C20H36N2O4. The fourth-order valence-electron chi connectivity index (χ4n) is 4.62. The lowest BCUT2D eigenvalue weighted by Gasteiger charge is -2.44. The largest absolute Gasteiger partial charge is 0.473 e. The van der Waals surface area contributed by atoms with Gasteiger partial charge >= 0.3 is 11.9 Å². The van der Waals surface area contributed by atoms with E-state index in [4.69, 9.17) is 19.8 Å². The van der Waals surface area contributed by atoms with E-state index >= 15 is 0 Å². The van der Waals surface area contributed by atoms with Crippen LogP contribution in [0.4, 0.5) is 0 Å². The van der Waals surface area contributed by atoms with Crippen LogP contribution in [0.1, 0.15) is 65.2 Å². The van der Waals surface area contributed by atoms with Gasteiger partial charge < -0.3 is 20.0 Å². The molecule has 0 amide bonds. The number of hydrogen-bond donors (Lipinski definition) is 2. The number of hydrogen-bond acceptors (Lipinski definition) is 4. The minimum absolute atomic E-state index is 0.904. The highest BCUT2D eigenvalue weighted by molar-refractivity contribution is 6.27. The fraction of sp³-hybridized carbons (Fsp3) is 0.900. The zero-order valence-electron chi connectivity index (χ0n) is 16.4. The van der Waals surface area contributed by atoms with E-state index in [2.05, 4.69) is 23.6 Å². The van der Waals surface area contributed by atoms with Crippen LogP contribution in [0.15, 0.2) is 0 Å². The number of carboxylic acids is 2. The van der Waals surface area contributed by atoms with Gasteiger partial charge in [0, 0.05) is 12.1 Å². The Labute approximate surface area is 157 Å². The summed E-state index contributed by atoms with van der Waals surface area (Å²) in [6, 6.07) is 1.83. The van der Waals surface area contributed by atoms with E-state index in [0.29, 0.717) is 0 Å². The first-order valence-corrected chi connectivity index (χ1v) is 10.3. The lowest BCUT2D eigenvalue weighted by atomic mass is 9.85. The summed E-state index contributed by atoms with van der Waals surface area (Å²) in [5.74, 6) is -1.69. The molecule has 3 aliphatic rings. The SMILES string of the molecule is CC1CCC(N2CCC(N3CCC(C)CC3)CC2)CC1.O=C(O)C(=O)O. The van der Waals surface area contributed by atoms with Crippen molar-refractivity contribution in [2.24, 2.45) is 11.8 Å². The average molecular weight is 369 g/mol. The summed E-state index contributed by atoms with van der Waals surface area (Å²) in [5, 5.41) is 14.8. The second-order valence-corrected chi connectivity index (χ2v) is 8.51. The van der Waals surface area contributed by atoms with Crippen LogP contribution in [0, 0.1) is 11.8 Å². The van der Waals surface area contributed by atoms with E-state index < -0.39 is 11.9 Å². The number of carbonyl (C=O) groups is 2. The molecule has 2 N–H and O–H groups in total. The zero-order valence-corrected chi connectivity index (χ0v) is 16.4. The van der Waals surface area contributed by atoms with Crippen molar-refractivity contribution in [3.8, 4) is 0 Å². The molecule has 26 heavy (non-hydrogen) atoms. The zero-order chi connectivity index (χ0) is 19.1. The predicted octanol–water partition coefficient (Wildman–Crippen LogP) is 2.92. The number of likely N-dealkylation sites (tertiary alicyclic amines) is 2. The molecule has 0 bridgehead atoms. The summed E-state index contributed by atoms with van der Waals surface area (Å²) in [6.45, 7) is 10.3. The average Bonchev–Trinajstić information content (AvgIpc) is 2.64. The van der Waals surface area contributed by atoms with Gasteiger partial charge in [0.05, 0.1) is 0 Å². The number of nitrogens with zero attached hydrogens (tertiary/aromatic N) is 2. The van der Waals surface area contributed by atoms with Gasteiger partial charge in [0.2, 0.25) is 0 Å². The first-order chi connectivity index (χ1) is 12.4. The monoisotopic (exact) mass is 368 g/mol. The highest BCUT2D eigenvalue weighted by Gasteiger charge is 2.31. The Balaban J connectivity index is 0.000000352. The summed E-state index contributed by atoms with van der Waals surface area (Å²) in [4.78, 5) is 23.8. The van der Waals surface area contributed by atoms with E-state index in [1.54, 1.807) is 0 Å². The molecule has 1 aliphatic carbocycles. The summed E-state index contributed by atoms with van der Waals surface area (Å²) in [5.41, 5.74) is 0. The molecule has 0 aromatic heterocycles. The molecule has 6 heteroatoms. The Hall–Kier alpha value is -1.14. The Morgan fingerprint density at radius 1 is 0.615 bits per heavy atom. The third-order valence-electron chi connectivity index (χ3n) is 6.52. The van der Waals surface area contributed by atoms with Crippen LogP contribution in [-0.2, 0) is 9.59 Å². The predicted molar refractivity (Wildman–Crippen MR) is 101 cm³/mol. The normalized spacial score (nSPS) is 29.6. The number of aliphatic carboxylic acids is 2. The molecule has 150 valence electrons. The van der Waals surface area contributed by atoms with E-state index in [9.17, 15) is 0 Å². The lowest BCUT2D eigenvalue weighted by molar-refractivity contribution is -0.159. The molecule has 0 atom stereocenters. The van der Waals surface area contributed by atoms with Crippen molar-refractivity contribution in [3.05, 3.63) is 0 Å². The number of piperidine rings is 2. The summed E-state index contributed by atoms with van der Waals surface area (Å²) >= 11 is 0. The van der Waals surface area contributed by atoms with Crippen LogP contribution in [0.3, 0.4) is 0 Å². The van der Waals surface area contributed by atoms with Gasteiger partial charge in [-0.2, -0.15) is 0 Å². The van der Waals surface area contributed by atoms with Crippen molar-refractivity contribution in [3.63, 3.8) is 0 Å². The fourth-order valence-corrected chi connectivity index (χ4v) is 4.62. The Morgan fingerprint density at radius 2 is 0.962 bits per heavy atom. The number of rotatable bonds is 2. The summed E-state index contributed by atoms with van der Waals surface area (Å²) < 4.78 is 0. The van der Waals surface area contributed by atoms with Crippen molar-refractivity contribution < 1.29 is 19.8 Å². The molecule has 1 saturated carbocycles. The van der Waals surface area contributed by atoms with Crippen molar-refractivity contribution in [1.29, 1.82) is 0 Å². The van der Waals surface area contributed by atoms with E-state index in [1.807, 2.05) is 0 Å². The van der Waals surface area contributed by atoms with Crippen LogP contribution in [0.25, 0.3) is 0 Å². The molecule has 0 radical (unpaired) electrons. The molecule has 3 fully saturated rings. The van der Waals surface area contributed by atoms with Crippen molar-refractivity contribution in [2.45, 2.75) is 77.3 Å². The summed E-state index contributed by atoms with van der Waals surface area (Å²) in [7, 11) is 0. The van der Waals surface area contributed by atoms with E-state index in [0.717, 1.165) is 23.9 Å². The maximum atomic E-state index is 9.10. The van der Waals surface area contributed by atoms with Gasteiger partial charge in [0.25, 0.3) is 0 Å². The molecule has 2 saturated heterocycles. The Kier molecular flexibility index (Phi) is 8.35. The highest BCUT2D eigenvalue weighted by atomic mass is 16.4. The second-order valence-electron chi connectivity index (χ2n) is 8.51. The molecule has 2 heterocycles. The summed E-state index contributed by atoms with van der Waals surface area (Å²) in [6.07, 6.45) is 11.6. The number of carboxylic acid groups (broad SMARTS) is 2. The van der Waals surface area contributed by atoms with Gasteiger partial charge in [-0.15, -0.1) is 0 Å². The van der Waals surface area contributed by atoms with E-state index in [-0.39, 0.29) is 0 Å². The molecule has 6 nitrogen and oxygen atoms in total. The second kappa shape index (κ2) is 10.3. The molecule has 0 unspecified atom stereocenters. The lowest BCUT2D eigenvalue weighted by Crippen LogP contribution is -2.50. The first-order valence-electron chi connectivity index (χ1n) is 10.3. The van der Waals surface area contributed by atoms with Crippen molar-refractivity contribution in [1.82, 2.24) is 9.80 Å². The highest BCUT2D eigenvalue weighted by Crippen LogP contribution is 2.30. The van der Waals surface area contributed by atoms with Crippen LogP contribution in [-0.4, -0.2) is 70.2 Å². The molecule has 0 spiro atoms. The minimum Gasteiger partial charge on any atom is -0.473 e. The van der Waals surface area contributed by atoms with Gasteiger partial charge in [0.15, 0.2) is 0 Å². The maximum Gasteiger partial charge on any atom is 0.414 e. The quantitative estimate of drug-likeness (QED) is 0.730. The third kappa shape index (κ3) is 6.54. The van der Waals surface area contributed by atoms with Crippen molar-refractivity contribution in [2.75, 3.05) is 26.2 Å². The molecule has 3 rings (SSSR count). The molecular weight excluding hydrogens is 332 g/mol. The first kappa shape index (κ1) is 21.2. The van der Waals surface area contributed by atoms with Gasteiger partial charge in [-0.3, -0.25) is 0 Å². The van der Waals surface area contributed by atoms with Gasteiger partial charge in [-0.05, 0) is 89.4 Å². The van der Waals surface area contributed by atoms with Crippen LogP contribution in [0.2, 0.25) is 0 Å². The minimum atomic E-state index is -1.82. The van der Waals surface area contributed by atoms with Gasteiger partial charge in [-0.25, -0.2) is 9.59 Å². The van der Waals surface area contributed by atoms with Crippen LogP contribution < -0.4 is 0 Å². The Bertz CT molecular complexity index is 405. The maximum absolute atomic E-state index is 9.10. The standard InChI is InChI=1S/C18H34N2.C2H2O4/c1-15-3-5-17(6-4-15)20-13-9-18(10-14-20)19-11-7-16(2)8-12-19;3-1(4)2(5)6/h15-18H,3-14H2,1-2H3;(H,3,4)(H,5,6). The molecule has 0 aromatic carbocycles. The topological polar surface area (TPSA) is 81.1 Å².